The molecule has 1 aliphatic rings. The number of allylic oxidation sites excluding steroid dienone is 2. The van der Waals surface area contributed by atoms with Gasteiger partial charge in [0.25, 0.3) is 0 Å². The molecule has 0 aromatic heterocycles. The van der Waals surface area contributed by atoms with Crippen LogP contribution in [0.25, 0.3) is 0 Å². The van der Waals surface area contributed by atoms with Gasteiger partial charge in [-0.3, -0.25) is 0 Å². The van der Waals surface area contributed by atoms with Crippen LogP contribution in [0.4, 0.5) is 0 Å². The van der Waals surface area contributed by atoms with Crippen LogP contribution in [0.3, 0.4) is 0 Å². The van der Waals surface area contributed by atoms with Crippen molar-refractivity contribution in [2.75, 3.05) is 0 Å². The topological polar surface area (TPSA) is 0 Å². The first-order valence-corrected chi connectivity index (χ1v) is 4.41. The van der Waals surface area contributed by atoms with Gasteiger partial charge in [-0.05, 0) is 16.2 Å². The third-order valence-corrected chi connectivity index (χ3v) is 4.14. The predicted molar refractivity (Wildman–Crippen MR) is 77.4 cm³/mol. The molecule has 0 saturated carbocycles. The minimum Gasteiger partial charge on any atom is -0.0817 e. The molecular weight excluding hydrogens is 180 g/mol. The van der Waals surface area contributed by atoms with Crippen molar-refractivity contribution in [3.05, 3.63) is 12.2 Å². The quantitative estimate of drug-likeness (QED) is 0.424. The van der Waals surface area contributed by atoms with Gasteiger partial charge in [0.1, 0.15) is 0 Å². The number of rotatable bonds is 0. The Morgan fingerprint density at radius 1 is 0.533 bits per heavy atom. The van der Waals surface area contributed by atoms with Crippen molar-refractivity contribution in [2.45, 2.75) is 71.2 Å². The van der Waals surface area contributed by atoms with E-state index in [2.05, 4.69) is 53.7 Å². The van der Waals surface area contributed by atoms with E-state index in [4.69, 9.17) is 0 Å². The Kier molecular flexibility index (Phi) is 9.20. The predicted octanol–water partition coefficient (Wildman–Crippen LogP) is 6.18. The molecule has 0 heterocycles. The Balaban J connectivity index is -0.000000151. The van der Waals surface area contributed by atoms with Gasteiger partial charge in [-0.25, -0.2) is 0 Å². The molecule has 0 heteroatoms. The first-order chi connectivity index (χ1) is 4.71. The van der Waals surface area contributed by atoms with Crippen LogP contribution in [0.15, 0.2) is 12.2 Å². The maximum atomic E-state index is 2.35. The van der Waals surface area contributed by atoms with Crippen molar-refractivity contribution in [3.63, 3.8) is 0 Å². The summed E-state index contributed by atoms with van der Waals surface area (Å²) in [4.78, 5) is 0. The summed E-state index contributed by atoms with van der Waals surface area (Å²) >= 11 is 0. The van der Waals surface area contributed by atoms with Crippen LogP contribution in [0.1, 0.15) is 71.2 Å². The summed E-state index contributed by atoms with van der Waals surface area (Å²) < 4.78 is 0. The van der Waals surface area contributed by atoms with E-state index in [0.29, 0.717) is 16.2 Å². The van der Waals surface area contributed by atoms with Crippen molar-refractivity contribution in [2.24, 2.45) is 16.2 Å². The van der Waals surface area contributed by atoms with Crippen LogP contribution in [-0.2, 0) is 0 Å². The fourth-order valence-electron chi connectivity index (χ4n) is 1.66. The van der Waals surface area contributed by atoms with E-state index in [1.54, 1.807) is 0 Å². The van der Waals surface area contributed by atoms with E-state index in [-0.39, 0.29) is 29.7 Å². The van der Waals surface area contributed by atoms with E-state index in [1.807, 2.05) is 0 Å². The van der Waals surface area contributed by atoms with E-state index in [0.717, 1.165) is 0 Å². The Bertz CT molecular complexity index is 172. The first-order valence-electron chi connectivity index (χ1n) is 4.41. The smallest absolute Gasteiger partial charge is 0.0115 e. The van der Waals surface area contributed by atoms with Gasteiger partial charge < -0.3 is 0 Å². The lowest BCUT2D eigenvalue weighted by atomic mass is 9.60. The molecule has 0 aliphatic heterocycles. The molecule has 0 unspecified atom stereocenters. The molecule has 0 radical (unpaired) electrons. The summed E-state index contributed by atoms with van der Waals surface area (Å²) in [5.41, 5.74) is 1.06. The van der Waals surface area contributed by atoms with Crippen molar-refractivity contribution < 1.29 is 0 Å². The molecule has 0 fully saturated rings. The molecule has 0 bridgehead atoms. The summed E-state index contributed by atoms with van der Waals surface area (Å²) in [5.74, 6) is 0. The Morgan fingerprint density at radius 3 is 0.800 bits per heavy atom. The molecule has 0 amide bonds. The van der Waals surface area contributed by atoms with Gasteiger partial charge in [0, 0.05) is 0 Å². The van der Waals surface area contributed by atoms with Gasteiger partial charge in [-0.15, -0.1) is 0 Å². The van der Waals surface area contributed by atoms with Gasteiger partial charge in [0.05, 0.1) is 0 Å². The van der Waals surface area contributed by atoms with Crippen LogP contribution < -0.4 is 0 Å². The molecule has 0 aromatic carbocycles. The summed E-state index contributed by atoms with van der Waals surface area (Å²) in [7, 11) is 0. The molecule has 1 aliphatic carbocycles. The van der Waals surface area contributed by atoms with E-state index in [9.17, 15) is 0 Å². The third-order valence-electron chi connectivity index (χ3n) is 4.14. The molecule has 96 valence electrons. The minimum absolute atomic E-state index is 0. The maximum Gasteiger partial charge on any atom is -0.0115 e. The molecule has 1 rings (SSSR count). The van der Waals surface area contributed by atoms with E-state index in [1.165, 1.54) is 0 Å². The molecule has 0 atom stereocenters. The molecule has 0 nitrogen and oxygen atoms in total. The van der Waals surface area contributed by atoms with Gasteiger partial charge >= 0.3 is 0 Å². The van der Waals surface area contributed by atoms with Crippen molar-refractivity contribution in [1.29, 1.82) is 0 Å². The summed E-state index contributed by atoms with van der Waals surface area (Å²) in [6.07, 6.45) is 4.71. The lowest BCUT2D eigenvalue weighted by molar-refractivity contribution is 0.0723. The molecule has 0 aromatic rings. The second kappa shape index (κ2) is 5.72. The van der Waals surface area contributed by atoms with E-state index >= 15 is 0 Å². The van der Waals surface area contributed by atoms with Crippen LogP contribution in [0.5, 0.6) is 0 Å². The maximum absolute atomic E-state index is 2.35. The van der Waals surface area contributed by atoms with Gasteiger partial charge in [0.15, 0.2) is 0 Å². The van der Waals surface area contributed by atoms with Crippen LogP contribution in [-0.4, -0.2) is 0 Å². The van der Waals surface area contributed by atoms with Crippen LogP contribution in [0, 0.1) is 16.2 Å². The molecule has 15 heavy (non-hydrogen) atoms. The van der Waals surface area contributed by atoms with Crippen LogP contribution >= 0.6 is 0 Å². The Morgan fingerprint density at radius 2 is 0.733 bits per heavy atom. The SMILES string of the molecule is C.C.C.C.CC1(C)C=CC(C)(C)C1(C)C. The summed E-state index contributed by atoms with van der Waals surface area (Å²) in [6, 6.07) is 0. The highest BCUT2D eigenvalue weighted by Gasteiger charge is 2.49. The zero-order valence-corrected chi connectivity index (χ0v) is 8.65. The monoisotopic (exact) mass is 216 g/mol. The third kappa shape index (κ3) is 3.09. The number of hydrogen-bond donors (Lipinski definition) is 0. The van der Waals surface area contributed by atoms with Gasteiger partial charge in [-0.2, -0.15) is 0 Å². The Hall–Kier alpha value is -0.260. The summed E-state index contributed by atoms with van der Waals surface area (Å²) in [5, 5.41) is 0. The highest BCUT2D eigenvalue weighted by molar-refractivity contribution is 5.20. The highest BCUT2D eigenvalue weighted by atomic mass is 14.5. The standard InChI is InChI=1S/C11H20.4CH4/c1-9(2)7-8-10(3,4)11(9,5)6;;;;/h7-8H,1-6H3;4*1H4. The first kappa shape index (κ1) is 24.1. The molecule has 0 saturated heterocycles. The van der Waals surface area contributed by atoms with Crippen molar-refractivity contribution >= 4 is 0 Å². The van der Waals surface area contributed by atoms with E-state index < -0.39 is 0 Å². The lowest BCUT2D eigenvalue weighted by Crippen LogP contribution is -2.37. The molecule has 0 spiro atoms. The second-order valence-corrected chi connectivity index (χ2v) is 5.40. The van der Waals surface area contributed by atoms with Crippen molar-refractivity contribution in [3.8, 4) is 0 Å². The Labute approximate surface area is 100 Å². The van der Waals surface area contributed by atoms with Crippen LogP contribution in [0.2, 0.25) is 0 Å². The minimum atomic E-state index is 0. The highest BCUT2D eigenvalue weighted by Crippen LogP contribution is 2.57. The zero-order chi connectivity index (χ0) is 8.91. The van der Waals surface area contributed by atoms with Gasteiger partial charge in [0.2, 0.25) is 0 Å². The molecular formula is C15H36. The fraction of sp³-hybridized carbons (Fsp3) is 0.867. The normalized spacial score (nSPS) is 22.5. The number of hydrogen-bond acceptors (Lipinski definition) is 0. The largest absolute Gasteiger partial charge is 0.0817 e. The average molecular weight is 216 g/mol. The lowest BCUT2D eigenvalue weighted by Gasteiger charge is -2.44. The average Bonchev–Trinajstić information content (AvgIpc) is 1.93. The fourth-order valence-corrected chi connectivity index (χ4v) is 1.66. The second-order valence-electron chi connectivity index (χ2n) is 5.40. The zero-order valence-electron chi connectivity index (χ0n) is 8.65. The van der Waals surface area contributed by atoms with Crippen molar-refractivity contribution in [1.82, 2.24) is 0 Å². The summed E-state index contributed by atoms with van der Waals surface area (Å²) in [6.45, 7) is 14.0. The molecule has 0 N–H and O–H groups in total. The van der Waals surface area contributed by atoms with Gasteiger partial charge in [-0.1, -0.05) is 83.4 Å².